The lowest BCUT2D eigenvalue weighted by molar-refractivity contribution is 0.214. The summed E-state index contributed by atoms with van der Waals surface area (Å²) < 4.78 is 25.0. The molecule has 2 atom stereocenters. The maximum atomic E-state index is 11.5. The Morgan fingerprint density at radius 2 is 1.43 bits per heavy atom. The molecule has 4 aliphatic rings. The average molecular weight is 593 g/mol. The molecule has 7 bridgehead atoms. The van der Waals surface area contributed by atoms with Gasteiger partial charge in [0.05, 0.1) is 14.2 Å². The first-order valence-corrected chi connectivity index (χ1v) is 15.2. The molecule has 4 aromatic rings. The van der Waals surface area contributed by atoms with E-state index in [1.807, 2.05) is 12.1 Å². The van der Waals surface area contributed by atoms with Gasteiger partial charge in [-0.25, -0.2) is 0 Å². The highest BCUT2D eigenvalue weighted by atomic mass is 16.6. The SMILES string of the molecule is COc1ccc2cc1-c1cc(ccc1O)C[C@@H]1c3cc4c(cc3CCN1C)Oc1c(OC)c(O)c3c(c1O4)C(C2)N(C)CC3. The van der Waals surface area contributed by atoms with E-state index >= 15 is 0 Å². The maximum absolute atomic E-state index is 11.5. The minimum absolute atomic E-state index is 0.106. The van der Waals surface area contributed by atoms with E-state index in [4.69, 9.17) is 18.9 Å². The zero-order valence-electron chi connectivity index (χ0n) is 25.4. The molecule has 4 aliphatic heterocycles. The number of hydrogen-bond acceptors (Lipinski definition) is 8. The molecule has 2 N–H and O–H groups in total. The number of phenols is 2. The number of methoxy groups -OCH3 is 2. The van der Waals surface area contributed by atoms with Crippen LogP contribution in [-0.2, 0) is 25.7 Å². The van der Waals surface area contributed by atoms with E-state index in [1.54, 1.807) is 20.3 Å². The van der Waals surface area contributed by atoms with Crippen molar-refractivity contribution >= 4 is 0 Å². The van der Waals surface area contributed by atoms with Crippen LogP contribution in [0, 0.1) is 0 Å². The third-order valence-electron chi connectivity index (χ3n) is 9.99. The van der Waals surface area contributed by atoms with E-state index in [2.05, 4.69) is 54.2 Å². The van der Waals surface area contributed by atoms with Crippen molar-refractivity contribution in [3.8, 4) is 57.1 Å². The molecular weight excluding hydrogens is 556 g/mol. The second-order valence-electron chi connectivity index (χ2n) is 12.4. The van der Waals surface area contributed by atoms with Crippen molar-refractivity contribution in [3.05, 3.63) is 81.9 Å². The number of fused-ring (bicyclic) bond motifs is 5. The van der Waals surface area contributed by atoms with Gasteiger partial charge in [0.15, 0.2) is 23.0 Å². The summed E-state index contributed by atoms with van der Waals surface area (Å²) in [6.45, 7) is 1.66. The Morgan fingerprint density at radius 1 is 0.750 bits per heavy atom. The van der Waals surface area contributed by atoms with E-state index in [-0.39, 0.29) is 23.6 Å². The molecule has 0 amide bonds. The lowest BCUT2D eigenvalue weighted by Crippen LogP contribution is -2.34. The number of nitrogens with zero attached hydrogens (tertiary/aromatic N) is 2. The molecule has 0 aliphatic carbocycles. The van der Waals surface area contributed by atoms with E-state index in [9.17, 15) is 10.2 Å². The zero-order chi connectivity index (χ0) is 30.3. The summed E-state index contributed by atoms with van der Waals surface area (Å²) in [7, 11) is 7.49. The van der Waals surface area contributed by atoms with Gasteiger partial charge in [0.25, 0.3) is 0 Å². The Hall–Kier alpha value is -4.40. The summed E-state index contributed by atoms with van der Waals surface area (Å²) in [4.78, 5) is 4.69. The highest BCUT2D eigenvalue weighted by molar-refractivity contribution is 5.77. The van der Waals surface area contributed by atoms with Crippen molar-refractivity contribution in [1.82, 2.24) is 9.80 Å². The van der Waals surface area contributed by atoms with E-state index in [0.717, 1.165) is 59.3 Å². The fraction of sp³-hybridized carbons (Fsp3) is 0.333. The summed E-state index contributed by atoms with van der Waals surface area (Å²) in [5.41, 5.74) is 7.96. The second kappa shape index (κ2) is 10.1. The molecule has 8 nitrogen and oxygen atoms in total. The molecule has 0 saturated heterocycles. The quantitative estimate of drug-likeness (QED) is 0.239. The van der Waals surface area contributed by atoms with Crippen molar-refractivity contribution in [2.75, 3.05) is 41.4 Å². The Bertz CT molecular complexity index is 1830. The largest absolute Gasteiger partial charge is 0.507 e. The molecule has 8 heteroatoms. The van der Waals surface area contributed by atoms with Gasteiger partial charge in [-0.2, -0.15) is 0 Å². The summed E-state index contributed by atoms with van der Waals surface area (Å²) in [5, 5.41) is 22.7. The molecule has 4 heterocycles. The molecule has 0 radical (unpaired) electrons. The van der Waals surface area contributed by atoms with Crippen molar-refractivity contribution in [2.45, 2.75) is 37.8 Å². The normalized spacial score (nSPS) is 20.1. The number of ether oxygens (including phenoxy) is 4. The minimum Gasteiger partial charge on any atom is -0.507 e. The standard InChI is InChI=1S/C36H36N2O6/c1-37-11-9-21-17-30-31-18-23(21)26(37)15-19-5-7-28(39)24(13-19)25-14-20(6-8-29(25)41-3)16-27-32-22(10-12-38(27)2)33(40)35(42-4)36(44-30)34(32)43-31/h5-8,13-14,17-18,26-27,39-40H,9-12,15-16H2,1-4H3/t26-,27?/m1/s1. The van der Waals surface area contributed by atoms with Crippen LogP contribution in [0.4, 0.5) is 0 Å². The molecule has 8 rings (SSSR count). The molecule has 0 spiro atoms. The number of aromatic hydroxyl groups is 2. The first-order chi connectivity index (χ1) is 21.3. The number of phenolic OH excluding ortho intramolecular Hbond substituents is 2. The fourth-order valence-electron chi connectivity index (χ4n) is 7.59. The van der Waals surface area contributed by atoms with Gasteiger partial charge < -0.3 is 29.2 Å². The number of benzene rings is 4. The van der Waals surface area contributed by atoms with Gasteiger partial charge in [-0.1, -0.05) is 12.1 Å². The summed E-state index contributed by atoms with van der Waals surface area (Å²) in [5.74, 6) is 3.65. The van der Waals surface area contributed by atoms with Gasteiger partial charge in [0.1, 0.15) is 11.5 Å². The zero-order valence-corrected chi connectivity index (χ0v) is 25.4. The highest BCUT2D eigenvalue weighted by Gasteiger charge is 2.39. The lowest BCUT2D eigenvalue weighted by atomic mass is 9.85. The first-order valence-electron chi connectivity index (χ1n) is 15.2. The summed E-state index contributed by atoms with van der Waals surface area (Å²) >= 11 is 0. The van der Waals surface area contributed by atoms with Gasteiger partial charge in [-0.3, -0.25) is 9.80 Å². The number of rotatable bonds is 2. The van der Waals surface area contributed by atoms with Crippen LogP contribution in [0.2, 0.25) is 0 Å². The Kier molecular flexibility index (Phi) is 6.22. The Morgan fingerprint density at radius 3 is 2.23 bits per heavy atom. The van der Waals surface area contributed by atoms with E-state index < -0.39 is 0 Å². The monoisotopic (exact) mass is 592 g/mol. The second-order valence-corrected chi connectivity index (χ2v) is 12.4. The maximum Gasteiger partial charge on any atom is 0.216 e. The topological polar surface area (TPSA) is 83.9 Å². The van der Waals surface area contributed by atoms with E-state index in [0.29, 0.717) is 47.3 Å². The number of hydrogen-bond donors (Lipinski definition) is 2. The van der Waals surface area contributed by atoms with Crippen LogP contribution in [0.5, 0.6) is 46.0 Å². The summed E-state index contributed by atoms with van der Waals surface area (Å²) in [6.07, 6.45) is 2.95. The lowest BCUT2D eigenvalue weighted by Gasteiger charge is -2.39. The predicted octanol–water partition coefficient (Wildman–Crippen LogP) is 6.54. The summed E-state index contributed by atoms with van der Waals surface area (Å²) in [6, 6.07) is 16.3. The molecule has 0 fully saturated rings. The third-order valence-corrected chi connectivity index (χ3v) is 9.99. The Labute approximate surface area is 257 Å². The minimum atomic E-state index is -0.111. The van der Waals surface area contributed by atoms with Crippen LogP contribution in [0.1, 0.15) is 45.5 Å². The van der Waals surface area contributed by atoms with Crippen LogP contribution < -0.4 is 18.9 Å². The van der Waals surface area contributed by atoms with Crippen LogP contribution in [-0.4, -0.2) is 61.4 Å². The first kappa shape index (κ1) is 27.2. The molecule has 0 saturated carbocycles. The van der Waals surface area contributed by atoms with E-state index in [1.165, 1.54) is 11.1 Å². The van der Waals surface area contributed by atoms with Crippen molar-refractivity contribution in [1.29, 1.82) is 0 Å². The molecule has 1 unspecified atom stereocenters. The number of likely N-dealkylation sites (N-methyl/N-ethyl adjacent to an activating group) is 2. The Balaban J connectivity index is 1.41. The van der Waals surface area contributed by atoms with Gasteiger partial charge in [-0.05, 0) is 98.4 Å². The molecule has 44 heavy (non-hydrogen) atoms. The molecule has 0 aromatic heterocycles. The van der Waals surface area contributed by atoms with Gasteiger partial charge in [0, 0.05) is 47.4 Å². The van der Waals surface area contributed by atoms with Gasteiger partial charge in [0.2, 0.25) is 11.5 Å². The average Bonchev–Trinajstić information content (AvgIpc) is 3.02. The smallest absolute Gasteiger partial charge is 0.216 e. The molecular formula is C36H36N2O6. The van der Waals surface area contributed by atoms with Crippen LogP contribution in [0.25, 0.3) is 11.1 Å². The van der Waals surface area contributed by atoms with Crippen molar-refractivity contribution in [2.24, 2.45) is 0 Å². The van der Waals surface area contributed by atoms with Crippen LogP contribution >= 0.6 is 0 Å². The predicted molar refractivity (Wildman–Crippen MR) is 167 cm³/mol. The van der Waals surface area contributed by atoms with Crippen LogP contribution in [0.3, 0.4) is 0 Å². The van der Waals surface area contributed by atoms with Gasteiger partial charge >= 0.3 is 0 Å². The van der Waals surface area contributed by atoms with Crippen molar-refractivity contribution in [3.63, 3.8) is 0 Å². The third kappa shape index (κ3) is 4.04. The highest BCUT2D eigenvalue weighted by Crippen LogP contribution is 2.60. The van der Waals surface area contributed by atoms with Gasteiger partial charge in [-0.15, -0.1) is 0 Å². The fourth-order valence-corrected chi connectivity index (χ4v) is 7.59. The van der Waals surface area contributed by atoms with Crippen LogP contribution in [0.15, 0.2) is 48.5 Å². The van der Waals surface area contributed by atoms with Crippen molar-refractivity contribution < 1.29 is 29.2 Å². The molecule has 4 aromatic carbocycles. The molecule has 226 valence electrons.